The molecule has 0 N–H and O–H groups in total. The number of carbonyl (C=O) groups excluding carboxylic acids is 2. The summed E-state index contributed by atoms with van der Waals surface area (Å²) in [5.74, 6) is -0.855. The second-order valence-electron chi connectivity index (χ2n) is 4.55. The molecule has 2 rings (SSSR count). The lowest BCUT2D eigenvalue weighted by Crippen LogP contribution is -2.31. The third-order valence-corrected chi connectivity index (χ3v) is 2.99. The van der Waals surface area contributed by atoms with Crippen molar-refractivity contribution in [3.8, 4) is 0 Å². The Balaban J connectivity index is 1.92. The number of aryl methyl sites for hydroxylation is 1. The van der Waals surface area contributed by atoms with Crippen LogP contribution in [0.5, 0.6) is 0 Å². The second kappa shape index (κ2) is 6.65. The minimum Gasteiger partial charge on any atom is -0.452 e. The lowest BCUT2D eigenvalue weighted by atomic mass is 10.2. The van der Waals surface area contributed by atoms with Gasteiger partial charge in [0.1, 0.15) is 0 Å². The van der Waals surface area contributed by atoms with E-state index in [0.717, 1.165) is 11.4 Å². The molecule has 21 heavy (non-hydrogen) atoms. The van der Waals surface area contributed by atoms with Crippen molar-refractivity contribution in [2.24, 2.45) is 0 Å². The van der Waals surface area contributed by atoms with Gasteiger partial charge in [0, 0.05) is 24.6 Å². The van der Waals surface area contributed by atoms with Crippen LogP contribution in [0.2, 0.25) is 0 Å². The van der Waals surface area contributed by atoms with Crippen LogP contribution >= 0.6 is 0 Å². The molecule has 0 aliphatic carbocycles. The molecule has 1 aromatic carbocycles. The third-order valence-electron chi connectivity index (χ3n) is 2.99. The van der Waals surface area contributed by atoms with Crippen LogP contribution in [-0.4, -0.2) is 30.5 Å². The fraction of sp³-hybridized carbons (Fsp3) is 0.188. The maximum absolute atomic E-state index is 12.0. The van der Waals surface area contributed by atoms with Gasteiger partial charge in [-0.25, -0.2) is 4.79 Å². The Morgan fingerprint density at radius 1 is 1.14 bits per heavy atom. The lowest BCUT2D eigenvalue weighted by Gasteiger charge is -2.17. The van der Waals surface area contributed by atoms with Crippen LogP contribution in [0.15, 0.2) is 48.7 Å². The van der Waals surface area contributed by atoms with Gasteiger partial charge < -0.3 is 9.64 Å². The molecule has 0 saturated carbocycles. The Morgan fingerprint density at radius 3 is 2.48 bits per heavy atom. The van der Waals surface area contributed by atoms with Crippen molar-refractivity contribution in [2.45, 2.75) is 6.92 Å². The van der Waals surface area contributed by atoms with Crippen LogP contribution in [0, 0.1) is 6.92 Å². The average Bonchev–Trinajstić information content (AvgIpc) is 2.53. The van der Waals surface area contributed by atoms with E-state index >= 15 is 0 Å². The molecule has 0 bridgehead atoms. The number of likely N-dealkylation sites (N-methyl/N-ethyl adjacent to an activating group) is 1. The summed E-state index contributed by atoms with van der Waals surface area (Å²) in [6.45, 7) is 1.52. The average molecular weight is 284 g/mol. The molecule has 0 spiro atoms. The maximum Gasteiger partial charge on any atom is 0.340 e. The Labute approximate surface area is 123 Å². The number of hydrogen-bond acceptors (Lipinski definition) is 4. The van der Waals surface area contributed by atoms with E-state index < -0.39 is 5.97 Å². The molecule has 0 saturated heterocycles. The van der Waals surface area contributed by atoms with Crippen molar-refractivity contribution < 1.29 is 14.3 Å². The fourth-order valence-electron chi connectivity index (χ4n) is 1.69. The van der Waals surface area contributed by atoms with Crippen LogP contribution in [-0.2, 0) is 9.53 Å². The number of rotatable bonds is 4. The summed E-state index contributed by atoms with van der Waals surface area (Å²) in [5, 5.41) is 0. The van der Waals surface area contributed by atoms with Gasteiger partial charge in [0.2, 0.25) is 0 Å². The molecule has 108 valence electrons. The highest BCUT2D eigenvalue weighted by atomic mass is 16.5. The molecule has 0 aliphatic heterocycles. The first-order valence-electron chi connectivity index (χ1n) is 6.49. The lowest BCUT2D eigenvalue weighted by molar-refractivity contribution is -0.121. The van der Waals surface area contributed by atoms with Gasteiger partial charge >= 0.3 is 5.97 Å². The van der Waals surface area contributed by atoms with Gasteiger partial charge in [-0.1, -0.05) is 18.2 Å². The molecule has 1 aromatic heterocycles. The van der Waals surface area contributed by atoms with E-state index in [4.69, 9.17) is 4.74 Å². The van der Waals surface area contributed by atoms with Crippen LogP contribution in [0.1, 0.15) is 16.1 Å². The molecule has 0 unspecified atom stereocenters. The van der Waals surface area contributed by atoms with Gasteiger partial charge in [-0.15, -0.1) is 0 Å². The Bertz CT molecular complexity index is 624. The van der Waals surface area contributed by atoms with Gasteiger partial charge in [0.05, 0.1) is 5.56 Å². The summed E-state index contributed by atoms with van der Waals surface area (Å²) in [4.78, 5) is 29.2. The van der Waals surface area contributed by atoms with Crippen LogP contribution in [0.25, 0.3) is 0 Å². The Morgan fingerprint density at radius 2 is 1.86 bits per heavy atom. The predicted molar refractivity (Wildman–Crippen MR) is 79.1 cm³/mol. The van der Waals surface area contributed by atoms with Gasteiger partial charge in [0.25, 0.3) is 5.91 Å². The minimum atomic E-state index is -0.558. The number of anilines is 1. The van der Waals surface area contributed by atoms with Crippen molar-refractivity contribution in [3.63, 3.8) is 0 Å². The molecule has 0 radical (unpaired) electrons. The summed E-state index contributed by atoms with van der Waals surface area (Å²) >= 11 is 0. The summed E-state index contributed by atoms with van der Waals surface area (Å²) in [5.41, 5.74) is 1.89. The van der Waals surface area contributed by atoms with Crippen molar-refractivity contribution in [1.29, 1.82) is 0 Å². The molecule has 0 fully saturated rings. The number of carbonyl (C=O) groups is 2. The van der Waals surface area contributed by atoms with Crippen molar-refractivity contribution in [1.82, 2.24) is 4.98 Å². The normalized spacial score (nSPS) is 10.0. The number of pyridine rings is 1. The number of amides is 1. The van der Waals surface area contributed by atoms with Gasteiger partial charge in [-0.05, 0) is 31.2 Å². The molecule has 5 nitrogen and oxygen atoms in total. The monoisotopic (exact) mass is 284 g/mol. The Hall–Kier alpha value is -2.69. The van der Waals surface area contributed by atoms with Crippen molar-refractivity contribution in [3.05, 3.63) is 59.9 Å². The molecular formula is C16H16N2O3. The molecule has 1 heterocycles. The maximum atomic E-state index is 12.0. The van der Waals surface area contributed by atoms with Crippen molar-refractivity contribution >= 4 is 17.6 Å². The Kier molecular flexibility index (Phi) is 4.66. The van der Waals surface area contributed by atoms with Gasteiger partial charge in [-0.3, -0.25) is 9.78 Å². The topological polar surface area (TPSA) is 59.5 Å². The zero-order chi connectivity index (χ0) is 15.2. The second-order valence-corrected chi connectivity index (χ2v) is 4.55. The zero-order valence-electron chi connectivity index (χ0n) is 11.9. The number of para-hydroxylation sites is 1. The van der Waals surface area contributed by atoms with E-state index in [1.165, 1.54) is 11.1 Å². The van der Waals surface area contributed by atoms with Gasteiger partial charge in [-0.2, -0.15) is 0 Å². The summed E-state index contributed by atoms with van der Waals surface area (Å²) < 4.78 is 5.00. The van der Waals surface area contributed by atoms with E-state index in [9.17, 15) is 9.59 Å². The number of nitrogens with zero attached hydrogens (tertiary/aromatic N) is 2. The smallest absolute Gasteiger partial charge is 0.340 e. The van der Waals surface area contributed by atoms with Crippen LogP contribution in [0.4, 0.5) is 5.69 Å². The molecule has 2 aromatic rings. The highest BCUT2D eigenvalue weighted by Crippen LogP contribution is 2.11. The highest BCUT2D eigenvalue weighted by molar-refractivity contribution is 5.96. The van der Waals surface area contributed by atoms with E-state index in [2.05, 4.69) is 4.98 Å². The SMILES string of the molecule is Cc1ccc(C(=O)OCC(=O)N(C)c2ccccc2)cn1. The van der Waals surface area contributed by atoms with Crippen molar-refractivity contribution in [2.75, 3.05) is 18.6 Å². The predicted octanol–water partition coefficient (Wildman–Crippen LogP) is 2.21. The molecular weight excluding hydrogens is 268 g/mol. The quantitative estimate of drug-likeness (QED) is 0.808. The van der Waals surface area contributed by atoms with E-state index in [1.807, 2.05) is 37.3 Å². The van der Waals surface area contributed by atoms with E-state index in [1.54, 1.807) is 19.2 Å². The highest BCUT2D eigenvalue weighted by Gasteiger charge is 2.14. The third kappa shape index (κ3) is 3.89. The fourth-order valence-corrected chi connectivity index (χ4v) is 1.69. The number of hydrogen-bond donors (Lipinski definition) is 0. The van der Waals surface area contributed by atoms with Crippen LogP contribution < -0.4 is 4.90 Å². The number of ether oxygens (including phenoxy) is 1. The number of benzene rings is 1. The van der Waals surface area contributed by atoms with Gasteiger partial charge in [0.15, 0.2) is 6.61 Å². The zero-order valence-corrected chi connectivity index (χ0v) is 11.9. The summed E-state index contributed by atoms with van der Waals surface area (Å²) in [6, 6.07) is 12.5. The summed E-state index contributed by atoms with van der Waals surface area (Å²) in [7, 11) is 1.64. The van der Waals surface area contributed by atoms with E-state index in [-0.39, 0.29) is 12.5 Å². The largest absolute Gasteiger partial charge is 0.452 e. The van der Waals surface area contributed by atoms with Crippen LogP contribution in [0.3, 0.4) is 0 Å². The first kappa shape index (κ1) is 14.7. The molecule has 1 amide bonds. The molecule has 0 atom stereocenters. The first-order valence-corrected chi connectivity index (χ1v) is 6.49. The summed E-state index contributed by atoms with van der Waals surface area (Å²) in [6.07, 6.45) is 1.43. The number of esters is 1. The number of aromatic nitrogens is 1. The molecule has 5 heteroatoms. The molecule has 0 aliphatic rings. The van der Waals surface area contributed by atoms with E-state index in [0.29, 0.717) is 5.56 Å². The minimum absolute atomic E-state index is 0.297. The standard InChI is InChI=1S/C16H16N2O3/c1-12-8-9-13(10-17-12)16(20)21-11-15(19)18(2)14-6-4-3-5-7-14/h3-10H,11H2,1-2H3. The first-order chi connectivity index (χ1) is 10.1.